The molecule has 2 aromatic rings. The molecule has 0 bridgehead atoms. The van der Waals surface area contributed by atoms with Gasteiger partial charge in [-0.1, -0.05) is 12.8 Å². The molecule has 0 aliphatic heterocycles. The molecule has 3 N–H and O–H groups in total. The van der Waals surface area contributed by atoms with Crippen LogP contribution < -0.4 is 5.32 Å². The number of oxazole rings is 1. The predicted octanol–water partition coefficient (Wildman–Crippen LogP) is 1.91. The molecule has 1 aromatic carbocycles. The van der Waals surface area contributed by atoms with Gasteiger partial charge in [0.1, 0.15) is 5.52 Å². The Hall–Kier alpha value is -2.57. The van der Waals surface area contributed by atoms with Gasteiger partial charge in [-0.15, -0.1) is 0 Å². The van der Waals surface area contributed by atoms with Gasteiger partial charge in [0.15, 0.2) is 5.58 Å². The summed E-state index contributed by atoms with van der Waals surface area (Å²) in [5.41, 5.74) is 1.12. The Morgan fingerprint density at radius 3 is 2.82 bits per heavy atom. The molecule has 22 heavy (non-hydrogen) atoms. The molecule has 1 amide bonds. The predicted molar refractivity (Wildman–Crippen MR) is 76.5 cm³/mol. The minimum Gasteiger partial charge on any atom is -0.481 e. The zero-order valence-corrected chi connectivity index (χ0v) is 11.8. The number of hydrogen-bond donors (Lipinski definition) is 3. The van der Waals surface area contributed by atoms with Crippen molar-refractivity contribution in [2.75, 3.05) is 0 Å². The summed E-state index contributed by atoms with van der Waals surface area (Å²) in [5.74, 6) is -1.76. The minimum atomic E-state index is -0.873. The minimum absolute atomic E-state index is 0.345. The van der Waals surface area contributed by atoms with E-state index in [1.165, 1.54) is 6.07 Å². The van der Waals surface area contributed by atoms with E-state index in [9.17, 15) is 19.8 Å². The third kappa shape index (κ3) is 2.74. The van der Waals surface area contributed by atoms with Gasteiger partial charge >= 0.3 is 12.0 Å². The standard InChI is InChI=1S/C15H16N2O5/c18-13(16-10-4-2-1-3-9(10)14(19)20)8-5-6-12-11(7-8)17-15(21)22-12/h5-7,9-10H,1-4H2,(H,16,18)(H,17,21)(H,19,20)/t9-,10+/m1/s1. The fraction of sp³-hybridized carbons (Fsp3) is 0.400. The lowest BCUT2D eigenvalue weighted by Crippen LogP contribution is -2.45. The van der Waals surface area contributed by atoms with Crippen LogP contribution in [0.3, 0.4) is 0 Å². The first-order valence-corrected chi connectivity index (χ1v) is 7.18. The Bertz CT molecular complexity index is 724. The van der Waals surface area contributed by atoms with Crippen LogP contribution in [0.2, 0.25) is 0 Å². The van der Waals surface area contributed by atoms with E-state index in [4.69, 9.17) is 4.42 Å². The zero-order valence-electron chi connectivity index (χ0n) is 11.8. The molecule has 1 fully saturated rings. The van der Waals surface area contributed by atoms with Crippen LogP contribution in [-0.2, 0) is 4.79 Å². The summed E-state index contributed by atoms with van der Waals surface area (Å²) < 4.78 is 4.94. The summed E-state index contributed by atoms with van der Waals surface area (Å²) >= 11 is 0. The number of carboxylic acid groups (broad SMARTS) is 1. The molecule has 0 radical (unpaired) electrons. The number of nitrogens with one attached hydrogen (secondary N) is 1. The van der Waals surface area contributed by atoms with E-state index in [1.807, 2.05) is 0 Å². The third-order valence-electron chi connectivity index (χ3n) is 4.04. The second kappa shape index (κ2) is 5.67. The van der Waals surface area contributed by atoms with E-state index in [0.717, 1.165) is 12.8 Å². The summed E-state index contributed by atoms with van der Waals surface area (Å²) in [5, 5.41) is 21.2. The van der Waals surface area contributed by atoms with Crippen LogP contribution in [0.15, 0.2) is 22.6 Å². The summed E-state index contributed by atoms with van der Waals surface area (Å²) in [6, 6.07) is 4.25. The maximum absolute atomic E-state index is 12.3. The summed E-state index contributed by atoms with van der Waals surface area (Å²) in [6.07, 6.45) is 2.57. The number of carbonyl (C=O) groups is 2. The molecule has 7 heteroatoms. The number of aromatic nitrogens is 1. The first-order valence-electron chi connectivity index (χ1n) is 7.18. The van der Waals surface area contributed by atoms with E-state index in [1.54, 1.807) is 12.1 Å². The summed E-state index contributed by atoms with van der Waals surface area (Å²) in [7, 11) is 0. The highest BCUT2D eigenvalue weighted by molar-refractivity contribution is 5.97. The lowest BCUT2D eigenvalue weighted by Gasteiger charge is -2.29. The van der Waals surface area contributed by atoms with Crippen molar-refractivity contribution < 1.29 is 24.2 Å². The number of aliphatic carboxylic acids is 1. The molecule has 1 saturated carbocycles. The number of aromatic hydroxyl groups is 1. The SMILES string of the molecule is O=C(N[C@H]1CCCC[C@H]1C(=O)O)c1ccc2oc(O)nc2c1. The van der Waals surface area contributed by atoms with Crippen LogP contribution in [-0.4, -0.2) is 33.1 Å². The van der Waals surface area contributed by atoms with Crippen LogP contribution in [0.4, 0.5) is 0 Å². The Labute approximate surface area is 126 Å². The van der Waals surface area contributed by atoms with Crippen molar-refractivity contribution in [3.63, 3.8) is 0 Å². The van der Waals surface area contributed by atoms with E-state index < -0.39 is 18.0 Å². The fourth-order valence-electron chi connectivity index (χ4n) is 2.91. The van der Waals surface area contributed by atoms with Gasteiger partial charge in [0.2, 0.25) is 0 Å². The first-order chi connectivity index (χ1) is 10.5. The van der Waals surface area contributed by atoms with Crippen molar-refractivity contribution in [2.45, 2.75) is 31.7 Å². The number of amides is 1. The topological polar surface area (TPSA) is 113 Å². The van der Waals surface area contributed by atoms with E-state index in [0.29, 0.717) is 29.5 Å². The van der Waals surface area contributed by atoms with Gasteiger partial charge in [0.05, 0.1) is 5.92 Å². The molecule has 116 valence electrons. The first kappa shape index (κ1) is 14.4. The largest absolute Gasteiger partial charge is 0.481 e. The Balaban J connectivity index is 1.78. The van der Waals surface area contributed by atoms with Crippen LogP contribution in [0.5, 0.6) is 6.08 Å². The van der Waals surface area contributed by atoms with Gasteiger partial charge in [0.25, 0.3) is 5.91 Å². The quantitative estimate of drug-likeness (QED) is 0.798. The molecule has 1 aromatic heterocycles. The number of fused-ring (bicyclic) bond motifs is 1. The number of hydrogen-bond acceptors (Lipinski definition) is 5. The molecule has 2 atom stereocenters. The molecule has 0 spiro atoms. The Morgan fingerprint density at radius 1 is 1.27 bits per heavy atom. The van der Waals surface area contributed by atoms with E-state index in [2.05, 4.69) is 10.3 Å². The number of carboxylic acids is 1. The van der Waals surface area contributed by atoms with Crippen molar-refractivity contribution >= 4 is 23.0 Å². The van der Waals surface area contributed by atoms with E-state index >= 15 is 0 Å². The normalized spacial score (nSPS) is 21.6. The van der Waals surface area contributed by atoms with Gasteiger partial charge < -0.3 is 19.9 Å². The van der Waals surface area contributed by atoms with Gasteiger partial charge in [-0.2, -0.15) is 4.98 Å². The molecule has 0 unspecified atom stereocenters. The van der Waals surface area contributed by atoms with Crippen LogP contribution >= 0.6 is 0 Å². The zero-order chi connectivity index (χ0) is 15.7. The van der Waals surface area contributed by atoms with Crippen molar-refractivity contribution in [2.24, 2.45) is 5.92 Å². The van der Waals surface area contributed by atoms with Gasteiger partial charge in [0, 0.05) is 11.6 Å². The molecular weight excluding hydrogens is 288 g/mol. The second-order valence-electron chi connectivity index (χ2n) is 5.49. The van der Waals surface area contributed by atoms with Crippen molar-refractivity contribution in [1.29, 1.82) is 0 Å². The lowest BCUT2D eigenvalue weighted by atomic mass is 9.84. The monoisotopic (exact) mass is 304 g/mol. The highest BCUT2D eigenvalue weighted by atomic mass is 16.5. The Morgan fingerprint density at radius 2 is 2.05 bits per heavy atom. The number of rotatable bonds is 3. The maximum Gasteiger partial charge on any atom is 0.392 e. The van der Waals surface area contributed by atoms with E-state index in [-0.39, 0.29) is 11.9 Å². The van der Waals surface area contributed by atoms with Gasteiger partial charge in [-0.3, -0.25) is 9.59 Å². The smallest absolute Gasteiger partial charge is 0.392 e. The summed E-state index contributed by atoms with van der Waals surface area (Å²) in [4.78, 5) is 27.3. The van der Waals surface area contributed by atoms with Crippen molar-refractivity contribution in [1.82, 2.24) is 10.3 Å². The molecule has 0 saturated heterocycles. The lowest BCUT2D eigenvalue weighted by molar-refractivity contribution is -0.143. The second-order valence-corrected chi connectivity index (χ2v) is 5.49. The van der Waals surface area contributed by atoms with Crippen LogP contribution in [0, 0.1) is 5.92 Å². The molecule has 1 aliphatic rings. The number of nitrogens with zero attached hydrogens (tertiary/aromatic N) is 1. The van der Waals surface area contributed by atoms with Crippen molar-refractivity contribution in [3.05, 3.63) is 23.8 Å². The average Bonchev–Trinajstić information content (AvgIpc) is 2.86. The van der Waals surface area contributed by atoms with Crippen LogP contribution in [0.1, 0.15) is 36.0 Å². The fourth-order valence-corrected chi connectivity index (χ4v) is 2.91. The number of benzene rings is 1. The maximum atomic E-state index is 12.3. The number of carbonyl (C=O) groups excluding carboxylic acids is 1. The molecular formula is C15H16N2O5. The van der Waals surface area contributed by atoms with Crippen LogP contribution in [0.25, 0.3) is 11.1 Å². The van der Waals surface area contributed by atoms with Gasteiger partial charge in [-0.05, 0) is 31.0 Å². The molecule has 7 nitrogen and oxygen atoms in total. The third-order valence-corrected chi connectivity index (χ3v) is 4.04. The Kier molecular flexibility index (Phi) is 3.70. The molecule has 3 rings (SSSR count). The summed E-state index contributed by atoms with van der Waals surface area (Å²) in [6.45, 7) is 0. The molecule has 1 aliphatic carbocycles. The average molecular weight is 304 g/mol. The van der Waals surface area contributed by atoms with Gasteiger partial charge in [-0.25, -0.2) is 0 Å². The van der Waals surface area contributed by atoms with Crippen molar-refractivity contribution in [3.8, 4) is 6.08 Å². The highest BCUT2D eigenvalue weighted by Gasteiger charge is 2.32. The highest BCUT2D eigenvalue weighted by Crippen LogP contribution is 2.25. The molecule has 1 heterocycles.